The number of fused-ring (bicyclic) bond motifs is 4. The molecule has 1 aliphatic rings. The Hall–Kier alpha value is -3.49. The number of aryl methyl sites for hydroxylation is 2. The fraction of sp³-hybridized carbons (Fsp3) is 0.304. The molecule has 0 atom stereocenters. The number of anilines is 1. The lowest BCUT2D eigenvalue weighted by Crippen LogP contribution is -2.37. The Morgan fingerprint density at radius 2 is 1.88 bits per heavy atom. The van der Waals surface area contributed by atoms with E-state index in [1.165, 1.54) is 11.7 Å². The molecule has 0 spiro atoms. The summed E-state index contributed by atoms with van der Waals surface area (Å²) in [5.74, 6) is 0.947. The number of hydrogen-bond acceptors (Lipinski definition) is 4. The summed E-state index contributed by atoms with van der Waals surface area (Å²) in [6.07, 6.45) is -2.83. The summed E-state index contributed by atoms with van der Waals surface area (Å²) >= 11 is 0. The van der Waals surface area contributed by atoms with Crippen LogP contribution in [0.4, 0.5) is 18.9 Å². The third-order valence-electron chi connectivity index (χ3n) is 6.02. The number of nitrogens with zero attached hydrogens (tertiary/aromatic N) is 4. The van der Waals surface area contributed by atoms with E-state index in [4.69, 9.17) is 4.74 Å². The van der Waals surface area contributed by atoms with E-state index in [0.717, 1.165) is 5.52 Å². The minimum absolute atomic E-state index is 0.00361. The van der Waals surface area contributed by atoms with Gasteiger partial charge in [0, 0.05) is 35.8 Å². The smallest absolute Gasteiger partial charge is 0.419 e. The molecule has 0 amide bonds. The highest BCUT2D eigenvalue weighted by atomic mass is 19.4. The molecule has 5 rings (SSSR count). The van der Waals surface area contributed by atoms with Gasteiger partial charge in [0.1, 0.15) is 11.6 Å². The first kappa shape index (κ1) is 20.4. The second-order valence-electron chi connectivity index (χ2n) is 8.54. The zero-order valence-electron chi connectivity index (χ0n) is 18.3. The summed E-state index contributed by atoms with van der Waals surface area (Å²) in [6, 6.07) is 8.78. The zero-order valence-corrected chi connectivity index (χ0v) is 18.3. The van der Waals surface area contributed by atoms with Crippen LogP contribution in [-0.4, -0.2) is 26.4 Å². The van der Waals surface area contributed by atoms with E-state index < -0.39 is 17.3 Å². The highest BCUT2D eigenvalue weighted by molar-refractivity contribution is 6.00. The highest BCUT2D eigenvalue weighted by Crippen LogP contribution is 2.52. The van der Waals surface area contributed by atoms with Crippen molar-refractivity contribution in [3.63, 3.8) is 0 Å². The number of ether oxygens (including phenoxy) is 1. The Balaban J connectivity index is 1.97. The highest BCUT2D eigenvalue weighted by Gasteiger charge is 2.45. The molecule has 9 heteroatoms. The number of methoxy groups -OCH3 is 1. The van der Waals surface area contributed by atoms with Crippen LogP contribution in [0, 0.1) is 6.92 Å². The number of aromatic nitrogens is 4. The van der Waals surface area contributed by atoms with E-state index in [1.54, 1.807) is 25.1 Å². The molecule has 0 bridgehead atoms. The Bertz CT molecular complexity index is 1380. The number of nitrogens with one attached hydrogen (secondary N) is 1. The van der Waals surface area contributed by atoms with E-state index in [1.807, 2.05) is 43.8 Å². The number of rotatable bonds is 2. The van der Waals surface area contributed by atoms with Gasteiger partial charge in [-0.25, -0.2) is 0 Å². The topological polar surface area (TPSA) is 56.9 Å². The van der Waals surface area contributed by atoms with Gasteiger partial charge < -0.3 is 14.6 Å². The van der Waals surface area contributed by atoms with Crippen LogP contribution in [0.5, 0.6) is 5.75 Å². The molecule has 0 saturated carbocycles. The maximum Gasteiger partial charge on any atom is 0.419 e. The average molecular weight is 441 g/mol. The Labute approximate surface area is 182 Å². The summed E-state index contributed by atoms with van der Waals surface area (Å²) < 4.78 is 53.4. The molecule has 166 valence electrons. The molecule has 0 unspecified atom stereocenters. The lowest BCUT2D eigenvalue weighted by molar-refractivity contribution is -0.137. The summed E-state index contributed by atoms with van der Waals surface area (Å²) in [7, 11) is 3.25. The lowest BCUT2D eigenvalue weighted by Gasteiger charge is -2.36. The van der Waals surface area contributed by atoms with E-state index in [9.17, 15) is 13.2 Å². The number of halogens is 3. The summed E-state index contributed by atoms with van der Waals surface area (Å²) in [6.45, 7) is 5.37. The predicted molar refractivity (Wildman–Crippen MR) is 116 cm³/mol. The fourth-order valence-electron chi connectivity index (χ4n) is 4.63. The Morgan fingerprint density at radius 1 is 1.12 bits per heavy atom. The van der Waals surface area contributed by atoms with Crippen LogP contribution in [0.1, 0.15) is 31.1 Å². The van der Waals surface area contributed by atoms with Gasteiger partial charge in [-0.3, -0.25) is 4.57 Å². The van der Waals surface area contributed by atoms with Crippen LogP contribution in [-0.2, 0) is 18.8 Å². The van der Waals surface area contributed by atoms with Gasteiger partial charge >= 0.3 is 6.18 Å². The molecule has 0 saturated heterocycles. The zero-order chi connectivity index (χ0) is 23.0. The third kappa shape index (κ3) is 2.73. The van der Waals surface area contributed by atoms with Gasteiger partial charge in [0.25, 0.3) is 0 Å². The van der Waals surface area contributed by atoms with E-state index in [-0.39, 0.29) is 17.0 Å². The van der Waals surface area contributed by atoms with E-state index in [0.29, 0.717) is 28.3 Å². The molecule has 2 aromatic carbocycles. The minimum Gasteiger partial charge on any atom is -0.496 e. The van der Waals surface area contributed by atoms with Crippen LogP contribution in [0.2, 0.25) is 0 Å². The lowest BCUT2D eigenvalue weighted by atomic mass is 9.90. The van der Waals surface area contributed by atoms with E-state index >= 15 is 0 Å². The molecule has 2 aromatic heterocycles. The van der Waals surface area contributed by atoms with Gasteiger partial charge in [-0.05, 0) is 38.5 Å². The molecule has 6 nitrogen and oxygen atoms in total. The molecule has 1 N–H and O–H groups in total. The standard InChI is InChI=1S/C23H22F3N5O/c1-12-28-29-21-22(2,3)27-15-11-17(32-5)18(19(23(24,25)26)20(15)31(12)21)14-7-6-8-16-13(14)9-10-30(16)4/h6-11,27H,1-5H3. The maximum atomic E-state index is 14.8. The van der Waals surface area contributed by atoms with Gasteiger partial charge in [-0.1, -0.05) is 12.1 Å². The van der Waals surface area contributed by atoms with Crippen LogP contribution >= 0.6 is 0 Å². The second kappa shape index (κ2) is 6.51. The molecule has 0 radical (unpaired) electrons. The number of alkyl halides is 3. The van der Waals surface area contributed by atoms with Crippen molar-refractivity contribution in [1.82, 2.24) is 19.3 Å². The summed E-state index contributed by atoms with van der Waals surface area (Å²) in [5, 5.41) is 12.2. The van der Waals surface area contributed by atoms with Crippen molar-refractivity contribution in [1.29, 1.82) is 0 Å². The molecular weight excluding hydrogens is 419 g/mol. The van der Waals surface area contributed by atoms with Crippen LogP contribution in [0.25, 0.3) is 27.7 Å². The van der Waals surface area contributed by atoms with Crippen molar-refractivity contribution in [3.8, 4) is 22.6 Å². The molecule has 32 heavy (non-hydrogen) atoms. The second-order valence-corrected chi connectivity index (χ2v) is 8.54. The predicted octanol–water partition coefficient (Wildman–Crippen LogP) is 5.42. The molecule has 0 aliphatic carbocycles. The third-order valence-corrected chi connectivity index (χ3v) is 6.02. The largest absolute Gasteiger partial charge is 0.496 e. The maximum absolute atomic E-state index is 14.8. The monoisotopic (exact) mass is 441 g/mol. The van der Waals surface area contributed by atoms with Gasteiger partial charge in [0.05, 0.1) is 29.6 Å². The van der Waals surface area contributed by atoms with Crippen LogP contribution < -0.4 is 10.1 Å². The number of benzene rings is 2. The van der Waals surface area contributed by atoms with Crippen molar-refractivity contribution in [2.75, 3.05) is 12.4 Å². The van der Waals surface area contributed by atoms with Gasteiger partial charge in [0.2, 0.25) is 0 Å². The summed E-state index contributed by atoms with van der Waals surface area (Å²) in [4.78, 5) is 0. The van der Waals surface area contributed by atoms with Crippen molar-refractivity contribution >= 4 is 16.6 Å². The first-order valence-electron chi connectivity index (χ1n) is 10.1. The van der Waals surface area contributed by atoms with Crippen molar-refractivity contribution in [2.45, 2.75) is 32.5 Å². The molecule has 0 fully saturated rings. The Kier molecular flexibility index (Phi) is 4.15. The SMILES string of the molecule is COc1cc2c(c(C(F)(F)F)c1-c1cccc3c1ccn3C)-n1c(C)nnc1C(C)(C)N2. The van der Waals surface area contributed by atoms with E-state index in [2.05, 4.69) is 15.5 Å². The first-order chi connectivity index (χ1) is 15.0. The number of hydrogen-bond donors (Lipinski definition) is 1. The Morgan fingerprint density at radius 3 is 2.56 bits per heavy atom. The normalized spacial score (nSPS) is 14.8. The first-order valence-corrected chi connectivity index (χ1v) is 10.1. The molecule has 3 heterocycles. The summed E-state index contributed by atoms with van der Waals surface area (Å²) in [5.41, 5.74) is 0.0782. The van der Waals surface area contributed by atoms with Gasteiger partial charge in [-0.2, -0.15) is 13.2 Å². The fourth-order valence-corrected chi connectivity index (χ4v) is 4.63. The van der Waals surface area contributed by atoms with Crippen molar-refractivity contribution < 1.29 is 17.9 Å². The van der Waals surface area contributed by atoms with Crippen molar-refractivity contribution in [3.05, 3.63) is 53.7 Å². The van der Waals surface area contributed by atoms with Crippen molar-refractivity contribution in [2.24, 2.45) is 7.05 Å². The quantitative estimate of drug-likeness (QED) is 0.451. The molecule has 4 aromatic rings. The molecular formula is C23H22F3N5O. The van der Waals surface area contributed by atoms with Gasteiger partial charge in [-0.15, -0.1) is 10.2 Å². The minimum atomic E-state index is -4.66. The van der Waals surface area contributed by atoms with Crippen LogP contribution in [0.15, 0.2) is 36.5 Å². The van der Waals surface area contributed by atoms with Crippen LogP contribution in [0.3, 0.4) is 0 Å². The van der Waals surface area contributed by atoms with Gasteiger partial charge in [0.15, 0.2) is 5.82 Å². The molecule has 1 aliphatic heterocycles. The average Bonchev–Trinajstić information content (AvgIpc) is 3.29.